The molecule has 0 amide bonds. The average Bonchev–Trinajstić information content (AvgIpc) is 2.95. The van der Waals surface area contributed by atoms with Crippen molar-refractivity contribution in [3.8, 4) is 0 Å². The van der Waals surface area contributed by atoms with Crippen LogP contribution in [0.15, 0.2) is 54.7 Å². The minimum atomic E-state index is -1.03. The first-order chi connectivity index (χ1) is 11.5. The number of rotatable bonds is 5. The van der Waals surface area contributed by atoms with Crippen molar-refractivity contribution in [2.45, 2.75) is 31.9 Å². The summed E-state index contributed by atoms with van der Waals surface area (Å²) in [6.07, 6.45) is 0.978. The minimum absolute atomic E-state index is 0.315. The molecule has 4 heteroatoms. The van der Waals surface area contributed by atoms with Crippen molar-refractivity contribution in [1.29, 1.82) is 0 Å². The molecule has 0 aliphatic heterocycles. The predicted molar refractivity (Wildman–Crippen MR) is 93.7 cm³/mol. The largest absolute Gasteiger partial charge is 0.394 e. The maximum atomic E-state index is 13.7. The van der Waals surface area contributed by atoms with Gasteiger partial charge in [-0.3, -0.25) is 0 Å². The zero-order valence-corrected chi connectivity index (χ0v) is 13.9. The van der Waals surface area contributed by atoms with Gasteiger partial charge in [0.2, 0.25) is 0 Å². The summed E-state index contributed by atoms with van der Waals surface area (Å²) in [5.41, 5.74) is 2.76. The first kappa shape index (κ1) is 16.7. The van der Waals surface area contributed by atoms with E-state index in [1.165, 1.54) is 12.1 Å². The Labute approximate surface area is 141 Å². The normalized spacial score (nSPS) is 14.2. The van der Waals surface area contributed by atoms with Gasteiger partial charge in [-0.25, -0.2) is 4.39 Å². The minimum Gasteiger partial charge on any atom is -0.394 e. The third-order valence-corrected chi connectivity index (χ3v) is 4.43. The molecule has 0 aliphatic carbocycles. The molecule has 0 spiro atoms. The fraction of sp³-hybridized carbons (Fsp3) is 0.300. The van der Waals surface area contributed by atoms with Crippen molar-refractivity contribution in [2.24, 2.45) is 0 Å². The summed E-state index contributed by atoms with van der Waals surface area (Å²) in [7, 11) is 0. The number of hydrogen-bond donors (Lipinski definition) is 2. The Hall–Kier alpha value is -2.17. The number of fused-ring (bicyclic) bond motifs is 1. The predicted octanol–water partition coefficient (Wildman–Crippen LogP) is 3.85. The van der Waals surface area contributed by atoms with E-state index >= 15 is 0 Å². The molecule has 0 saturated heterocycles. The van der Waals surface area contributed by atoms with Crippen LogP contribution in [0.1, 0.15) is 36.9 Å². The van der Waals surface area contributed by atoms with Crippen LogP contribution in [0.4, 0.5) is 4.39 Å². The van der Waals surface area contributed by atoms with Gasteiger partial charge in [0.05, 0.1) is 12.6 Å². The number of aliphatic hydroxyl groups excluding tert-OH is 2. The van der Waals surface area contributed by atoms with Gasteiger partial charge in [-0.15, -0.1) is 0 Å². The summed E-state index contributed by atoms with van der Waals surface area (Å²) in [6, 6.07) is 13.6. The number of aliphatic hydroxyl groups is 2. The van der Waals surface area contributed by atoms with E-state index in [2.05, 4.69) is 19.9 Å². The van der Waals surface area contributed by atoms with Crippen molar-refractivity contribution < 1.29 is 14.6 Å². The summed E-state index contributed by atoms with van der Waals surface area (Å²) in [5, 5.41) is 21.1. The molecule has 0 aliphatic rings. The van der Waals surface area contributed by atoms with Gasteiger partial charge >= 0.3 is 0 Å². The van der Waals surface area contributed by atoms with Gasteiger partial charge in [0.1, 0.15) is 11.9 Å². The monoisotopic (exact) mass is 327 g/mol. The van der Waals surface area contributed by atoms with E-state index in [0.29, 0.717) is 11.5 Å². The van der Waals surface area contributed by atoms with Crippen LogP contribution in [0.2, 0.25) is 0 Å². The Morgan fingerprint density at radius 1 is 1.08 bits per heavy atom. The molecule has 0 fully saturated rings. The molecule has 3 rings (SSSR count). The van der Waals surface area contributed by atoms with Crippen molar-refractivity contribution in [1.82, 2.24) is 4.57 Å². The second-order valence-electron chi connectivity index (χ2n) is 6.41. The lowest BCUT2D eigenvalue weighted by Crippen LogP contribution is -2.28. The van der Waals surface area contributed by atoms with Gasteiger partial charge in [0.15, 0.2) is 0 Å². The zero-order valence-electron chi connectivity index (χ0n) is 13.9. The molecule has 1 aromatic heterocycles. The third kappa shape index (κ3) is 2.95. The second kappa shape index (κ2) is 6.75. The van der Waals surface area contributed by atoms with Gasteiger partial charge in [-0.1, -0.05) is 44.2 Å². The Bertz CT molecular complexity index is 841. The van der Waals surface area contributed by atoms with E-state index in [9.17, 15) is 14.6 Å². The van der Waals surface area contributed by atoms with Crippen molar-refractivity contribution in [3.05, 3.63) is 71.7 Å². The van der Waals surface area contributed by atoms with Gasteiger partial charge in [-0.05, 0) is 35.2 Å². The molecule has 3 nitrogen and oxygen atoms in total. The Morgan fingerprint density at radius 3 is 2.50 bits per heavy atom. The summed E-state index contributed by atoms with van der Waals surface area (Å²) >= 11 is 0. The van der Waals surface area contributed by atoms with Crippen LogP contribution in [0.3, 0.4) is 0 Å². The maximum absolute atomic E-state index is 13.7. The number of halogens is 1. The molecular formula is C20H22FNO2. The lowest BCUT2D eigenvalue weighted by molar-refractivity contribution is 0.0652. The first-order valence-electron chi connectivity index (χ1n) is 8.16. The third-order valence-electron chi connectivity index (χ3n) is 4.43. The Kier molecular flexibility index (Phi) is 4.69. The fourth-order valence-electron chi connectivity index (χ4n) is 3.28. The summed E-state index contributed by atoms with van der Waals surface area (Å²) in [5.74, 6) is -0.0428. The molecular weight excluding hydrogens is 305 g/mol. The molecule has 0 unspecified atom stereocenters. The highest BCUT2D eigenvalue weighted by molar-refractivity contribution is 5.84. The van der Waals surface area contributed by atoms with Crippen LogP contribution >= 0.6 is 0 Å². The molecule has 2 atom stereocenters. The van der Waals surface area contributed by atoms with Gasteiger partial charge < -0.3 is 14.8 Å². The number of hydrogen-bond acceptors (Lipinski definition) is 2. The topological polar surface area (TPSA) is 45.4 Å². The lowest BCUT2D eigenvalue weighted by atomic mass is 10.0. The van der Waals surface area contributed by atoms with Gasteiger partial charge in [-0.2, -0.15) is 0 Å². The molecule has 0 bridgehead atoms. The van der Waals surface area contributed by atoms with Crippen molar-refractivity contribution >= 4 is 10.9 Å². The van der Waals surface area contributed by atoms with E-state index < -0.39 is 18.8 Å². The van der Waals surface area contributed by atoms with Crippen LogP contribution in [0.5, 0.6) is 0 Å². The molecule has 0 radical (unpaired) electrons. The second-order valence-corrected chi connectivity index (χ2v) is 6.41. The molecule has 1 heterocycles. The number of para-hydroxylation sites is 1. The van der Waals surface area contributed by atoms with Crippen LogP contribution in [0, 0.1) is 5.82 Å². The summed E-state index contributed by atoms with van der Waals surface area (Å²) in [4.78, 5) is 0. The SMILES string of the molecule is CC(C)c1cn([C@@H](c2cccc(F)c2)[C@H](O)CO)c2ccccc12. The van der Waals surface area contributed by atoms with Crippen LogP contribution in [-0.4, -0.2) is 27.5 Å². The summed E-state index contributed by atoms with van der Waals surface area (Å²) < 4.78 is 15.6. The smallest absolute Gasteiger partial charge is 0.123 e. The van der Waals surface area contributed by atoms with Crippen LogP contribution < -0.4 is 0 Å². The van der Waals surface area contributed by atoms with Crippen LogP contribution in [-0.2, 0) is 0 Å². The highest BCUT2D eigenvalue weighted by Gasteiger charge is 2.25. The number of nitrogens with zero attached hydrogens (tertiary/aromatic N) is 1. The highest BCUT2D eigenvalue weighted by atomic mass is 19.1. The Morgan fingerprint density at radius 2 is 1.83 bits per heavy atom. The lowest BCUT2D eigenvalue weighted by Gasteiger charge is -2.25. The zero-order chi connectivity index (χ0) is 17.3. The fourth-order valence-corrected chi connectivity index (χ4v) is 3.28. The van der Waals surface area contributed by atoms with E-state index in [1.807, 2.05) is 29.0 Å². The molecule has 0 saturated carbocycles. The molecule has 126 valence electrons. The Balaban J connectivity index is 2.24. The average molecular weight is 327 g/mol. The van der Waals surface area contributed by atoms with Gasteiger partial charge in [0.25, 0.3) is 0 Å². The van der Waals surface area contributed by atoms with Gasteiger partial charge in [0, 0.05) is 17.1 Å². The number of benzene rings is 2. The van der Waals surface area contributed by atoms with Crippen molar-refractivity contribution in [3.63, 3.8) is 0 Å². The molecule has 3 aromatic rings. The molecule has 2 N–H and O–H groups in total. The van der Waals surface area contributed by atoms with E-state index in [1.54, 1.807) is 12.1 Å². The molecule has 24 heavy (non-hydrogen) atoms. The number of aromatic nitrogens is 1. The quantitative estimate of drug-likeness (QED) is 0.748. The standard InChI is InChI=1S/C20H22FNO2/c1-13(2)17-11-22(18-9-4-3-8-16(17)18)20(19(24)12-23)14-6-5-7-15(21)10-14/h3-11,13,19-20,23-24H,12H2,1-2H3/t19-,20+/m1/s1. The first-order valence-corrected chi connectivity index (χ1v) is 8.16. The highest BCUT2D eigenvalue weighted by Crippen LogP contribution is 2.33. The van der Waals surface area contributed by atoms with Crippen molar-refractivity contribution in [2.75, 3.05) is 6.61 Å². The van der Waals surface area contributed by atoms with E-state index in [4.69, 9.17) is 0 Å². The summed E-state index contributed by atoms with van der Waals surface area (Å²) in [6.45, 7) is 3.84. The van der Waals surface area contributed by atoms with E-state index in [-0.39, 0.29) is 5.82 Å². The molecule has 2 aromatic carbocycles. The van der Waals surface area contributed by atoms with Crippen LogP contribution in [0.25, 0.3) is 10.9 Å². The maximum Gasteiger partial charge on any atom is 0.123 e. The van der Waals surface area contributed by atoms with E-state index in [0.717, 1.165) is 16.5 Å².